The van der Waals surface area contributed by atoms with E-state index in [1.54, 1.807) is 0 Å². The van der Waals surface area contributed by atoms with Crippen molar-refractivity contribution >= 4 is 16.3 Å². The molecule has 5 heteroatoms. The first-order chi connectivity index (χ1) is 4.35. The first kappa shape index (κ1) is 45.8. The van der Waals surface area contributed by atoms with E-state index in [1.807, 2.05) is 0 Å². The average Bonchev–Trinajstić information content (AvgIpc) is 1.96. The molecule has 0 aliphatic rings. The SMILES string of the molecule is C.C.CCN(CC)CC.N.[B].[B]C.[H-].[Na+]. The smallest absolute Gasteiger partial charge is 1.00 e. The average molecular weight is 211 g/mol. The van der Waals surface area contributed by atoms with Gasteiger partial charge < -0.3 is 12.5 Å². The van der Waals surface area contributed by atoms with Crippen molar-refractivity contribution < 1.29 is 31.0 Å². The molecule has 0 amide bonds. The maximum atomic E-state index is 4.50. The predicted molar refractivity (Wildman–Crippen MR) is 70.4 cm³/mol. The third-order valence-corrected chi connectivity index (χ3v) is 1.34. The molecular weight excluding hydrogens is 181 g/mol. The Hall–Kier alpha value is 1.05. The molecule has 0 aliphatic carbocycles. The predicted octanol–water partition coefficient (Wildman–Crippen LogP) is -0.279. The summed E-state index contributed by atoms with van der Waals surface area (Å²) in [6, 6.07) is 0. The van der Waals surface area contributed by atoms with Crippen molar-refractivity contribution in [1.29, 1.82) is 0 Å². The van der Waals surface area contributed by atoms with E-state index in [9.17, 15) is 0 Å². The Morgan fingerprint density at radius 1 is 0.929 bits per heavy atom. The second-order valence-corrected chi connectivity index (χ2v) is 1.62. The summed E-state index contributed by atoms with van der Waals surface area (Å²) in [6.45, 7) is 11.6. The molecule has 0 fully saturated rings. The van der Waals surface area contributed by atoms with E-state index in [4.69, 9.17) is 0 Å². The van der Waals surface area contributed by atoms with Crippen molar-refractivity contribution in [3.05, 3.63) is 0 Å². The topological polar surface area (TPSA) is 38.2 Å². The summed E-state index contributed by atoms with van der Waals surface area (Å²) in [4.78, 5) is 2.38. The van der Waals surface area contributed by atoms with Crippen LogP contribution in [0, 0.1) is 0 Å². The van der Waals surface area contributed by atoms with Crippen molar-refractivity contribution in [1.82, 2.24) is 11.1 Å². The van der Waals surface area contributed by atoms with Crippen LogP contribution in [0.1, 0.15) is 37.1 Å². The normalized spacial score (nSPS) is 5.50. The molecule has 0 aliphatic heterocycles. The van der Waals surface area contributed by atoms with Crippen LogP contribution in [0.4, 0.5) is 0 Å². The van der Waals surface area contributed by atoms with Gasteiger partial charge >= 0.3 is 29.6 Å². The Morgan fingerprint density at radius 2 is 1.07 bits per heavy atom. The molecule has 0 spiro atoms. The summed E-state index contributed by atoms with van der Waals surface area (Å²) in [5.41, 5.74) is 0. The largest absolute Gasteiger partial charge is 1.00 e. The molecule has 2 nitrogen and oxygen atoms in total. The Morgan fingerprint density at radius 3 is 1.07 bits per heavy atom. The molecule has 0 saturated heterocycles. The molecule has 0 unspecified atom stereocenters. The molecule has 0 aromatic heterocycles. The zero-order chi connectivity index (χ0) is 7.70. The number of hydrogen-bond acceptors (Lipinski definition) is 2. The van der Waals surface area contributed by atoms with E-state index in [0.29, 0.717) is 0 Å². The summed E-state index contributed by atoms with van der Waals surface area (Å²) < 4.78 is 0. The van der Waals surface area contributed by atoms with Crippen LogP contribution in [0.25, 0.3) is 0 Å². The number of hydrogen-bond donors (Lipinski definition) is 1. The van der Waals surface area contributed by atoms with E-state index >= 15 is 0 Å². The van der Waals surface area contributed by atoms with Gasteiger partial charge in [-0.05, 0) is 19.6 Å². The summed E-state index contributed by atoms with van der Waals surface area (Å²) in [5.74, 6) is 0. The van der Waals surface area contributed by atoms with Crippen LogP contribution in [-0.2, 0) is 0 Å². The van der Waals surface area contributed by atoms with Gasteiger partial charge in [0.15, 0.2) is 0 Å². The van der Waals surface area contributed by atoms with Gasteiger partial charge in [0.2, 0.25) is 0 Å². The Labute approximate surface area is 120 Å². The molecule has 83 valence electrons. The Kier molecular flexibility index (Phi) is 158. The molecule has 0 rings (SSSR count). The third kappa shape index (κ3) is 38.1. The third-order valence-electron chi connectivity index (χ3n) is 1.34. The summed E-state index contributed by atoms with van der Waals surface area (Å²) in [6.07, 6.45) is 0. The Balaban J connectivity index is -0.00000000965. The minimum atomic E-state index is 0. The van der Waals surface area contributed by atoms with E-state index in [-0.39, 0.29) is 60.4 Å². The van der Waals surface area contributed by atoms with Crippen molar-refractivity contribution in [2.45, 2.75) is 42.4 Å². The van der Waals surface area contributed by atoms with Gasteiger partial charge in [0.05, 0.1) is 7.85 Å². The van der Waals surface area contributed by atoms with Crippen molar-refractivity contribution in [2.75, 3.05) is 19.6 Å². The first-order valence-corrected chi connectivity index (χ1v) is 3.65. The van der Waals surface area contributed by atoms with Gasteiger partial charge in [-0.1, -0.05) is 42.4 Å². The molecule has 0 aromatic rings. The zero-order valence-electron chi connectivity index (χ0n) is 10.4. The van der Waals surface area contributed by atoms with Crippen molar-refractivity contribution in [3.8, 4) is 0 Å². The fraction of sp³-hybridized carbons (Fsp3) is 1.00. The van der Waals surface area contributed by atoms with Gasteiger partial charge in [0.25, 0.3) is 0 Å². The van der Waals surface area contributed by atoms with E-state index in [0.717, 1.165) is 0 Å². The fourth-order valence-electron chi connectivity index (χ4n) is 0.671. The molecule has 14 heavy (non-hydrogen) atoms. The maximum absolute atomic E-state index is 4.50. The minimum absolute atomic E-state index is 0. The second kappa shape index (κ2) is 48.1. The quantitative estimate of drug-likeness (QED) is 0.652. The van der Waals surface area contributed by atoms with Crippen LogP contribution in [0.5, 0.6) is 0 Å². The van der Waals surface area contributed by atoms with E-state index in [1.165, 1.54) is 26.5 Å². The van der Waals surface area contributed by atoms with Gasteiger partial charge in [-0.25, -0.2) is 0 Å². The van der Waals surface area contributed by atoms with Crippen LogP contribution in [0.3, 0.4) is 0 Å². The molecule has 0 heterocycles. The van der Waals surface area contributed by atoms with Gasteiger partial charge in [-0.2, -0.15) is 0 Å². The van der Waals surface area contributed by atoms with Crippen LogP contribution in [0.2, 0.25) is 6.82 Å². The fourth-order valence-corrected chi connectivity index (χ4v) is 0.671. The van der Waals surface area contributed by atoms with E-state index in [2.05, 4.69) is 33.5 Å². The van der Waals surface area contributed by atoms with Gasteiger partial charge in [-0.3, -0.25) is 0 Å². The second-order valence-electron chi connectivity index (χ2n) is 1.62. The maximum Gasteiger partial charge on any atom is 1.00 e. The molecule has 0 saturated carbocycles. The first-order valence-electron chi connectivity index (χ1n) is 3.65. The van der Waals surface area contributed by atoms with Gasteiger partial charge in [-0.15, -0.1) is 0 Å². The minimum Gasteiger partial charge on any atom is -1.00 e. The molecule has 3 N–H and O–H groups in total. The standard InChI is InChI=1S/C6H15N.CH3B.2CH4.B.H3N.Na.H/c1-4-7(5-2)6-3;1-2;;;;;;/h4-6H2,1-3H3;1H3;2*1H4;;1H3;;/q;;;;;;+1;-1. The molecular formula is C9H30B2N2Na. The summed E-state index contributed by atoms with van der Waals surface area (Å²) in [5, 5.41) is 0. The zero-order valence-corrected chi connectivity index (χ0v) is 11.4. The van der Waals surface area contributed by atoms with Gasteiger partial charge in [0, 0.05) is 8.41 Å². The van der Waals surface area contributed by atoms with Crippen LogP contribution >= 0.6 is 0 Å². The molecule has 0 atom stereocenters. The molecule has 0 aromatic carbocycles. The van der Waals surface area contributed by atoms with Crippen molar-refractivity contribution in [3.63, 3.8) is 0 Å². The number of rotatable bonds is 3. The van der Waals surface area contributed by atoms with Crippen molar-refractivity contribution in [2.24, 2.45) is 0 Å². The Bertz CT molecular complexity index is 47.6. The number of nitrogens with zero attached hydrogens (tertiary/aromatic N) is 1. The van der Waals surface area contributed by atoms with E-state index < -0.39 is 0 Å². The van der Waals surface area contributed by atoms with Gasteiger partial charge in [0.1, 0.15) is 0 Å². The molecule has 5 radical (unpaired) electrons. The molecule has 0 bridgehead atoms. The summed E-state index contributed by atoms with van der Waals surface area (Å²) in [7, 11) is 4.50. The van der Waals surface area contributed by atoms with Crippen LogP contribution < -0.4 is 35.7 Å². The summed E-state index contributed by atoms with van der Waals surface area (Å²) >= 11 is 0. The van der Waals surface area contributed by atoms with Crippen LogP contribution in [0.15, 0.2) is 0 Å². The van der Waals surface area contributed by atoms with Crippen LogP contribution in [-0.4, -0.2) is 40.8 Å². The monoisotopic (exact) mass is 211 g/mol.